The van der Waals surface area contributed by atoms with E-state index in [4.69, 9.17) is 16.0 Å². The van der Waals surface area contributed by atoms with Gasteiger partial charge in [-0.2, -0.15) is 4.31 Å². The molecule has 2 fully saturated rings. The minimum atomic E-state index is -3.33. The minimum absolute atomic E-state index is 0.0570. The molecule has 8 heteroatoms. The third-order valence-electron chi connectivity index (χ3n) is 5.26. The highest BCUT2D eigenvalue weighted by molar-refractivity contribution is 7.88. The Kier molecular flexibility index (Phi) is 4.33. The smallest absolute Gasteiger partial charge is 0.289 e. The van der Waals surface area contributed by atoms with Gasteiger partial charge < -0.3 is 9.32 Å². The number of rotatable bonds is 3. The number of hydrogen-bond acceptors (Lipinski definition) is 4. The zero-order chi connectivity index (χ0) is 18.5. The van der Waals surface area contributed by atoms with E-state index in [2.05, 4.69) is 0 Å². The van der Waals surface area contributed by atoms with Gasteiger partial charge in [0, 0.05) is 25.6 Å². The molecule has 3 heterocycles. The predicted octanol–water partition coefficient (Wildman–Crippen LogP) is 2.64. The molecule has 0 N–H and O–H groups in total. The molecule has 3 atom stereocenters. The molecule has 138 valence electrons. The number of benzene rings is 1. The number of carbonyl (C=O) groups excluding carboxylic acids is 1. The Morgan fingerprint density at radius 2 is 1.85 bits per heavy atom. The Bertz CT molecular complexity index is 928. The second-order valence-corrected chi connectivity index (χ2v) is 9.23. The fraction of sp³-hybridized carbons (Fsp3) is 0.389. The lowest BCUT2D eigenvalue weighted by Gasteiger charge is -2.28. The summed E-state index contributed by atoms with van der Waals surface area (Å²) in [6.07, 6.45) is 1.25. The molecule has 1 amide bonds. The lowest BCUT2D eigenvalue weighted by atomic mass is 9.90. The number of amides is 1. The van der Waals surface area contributed by atoms with Crippen molar-refractivity contribution < 1.29 is 17.6 Å². The first-order valence-corrected chi connectivity index (χ1v) is 10.6. The zero-order valence-corrected chi connectivity index (χ0v) is 15.8. The van der Waals surface area contributed by atoms with Crippen LogP contribution in [-0.4, -0.2) is 49.4 Å². The van der Waals surface area contributed by atoms with Crippen LogP contribution in [0.15, 0.2) is 46.9 Å². The summed E-state index contributed by atoms with van der Waals surface area (Å²) in [7, 11) is -3.33. The van der Waals surface area contributed by atoms with Gasteiger partial charge in [0.25, 0.3) is 5.91 Å². The molecule has 26 heavy (non-hydrogen) atoms. The molecule has 2 aliphatic heterocycles. The van der Waals surface area contributed by atoms with E-state index in [1.807, 2.05) is 30.3 Å². The second kappa shape index (κ2) is 6.40. The van der Waals surface area contributed by atoms with Crippen LogP contribution in [0.25, 0.3) is 0 Å². The summed E-state index contributed by atoms with van der Waals surface area (Å²) in [5.41, 5.74) is 0.959. The molecular formula is C18H19ClN2O4S. The standard InChI is InChI=1S/C18H19ClN2O4S/c1-26(23,24)21-10-13-9-20(18(22)15-7-8-16(19)25-15)11-14(13)17(21)12-5-3-2-4-6-12/h2-8,13-14,17H,9-11H2,1H3/t13-,14-,17+/m1/s1. The topological polar surface area (TPSA) is 70.8 Å². The molecule has 2 saturated heterocycles. The summed E-state index contributed by atoms with van der Waals surface area (Å²) in [6, 6.07) is 12.5. The van der Waals surface area contributed by atoms with Crippen molar-refractivity contribution in [3.05, 3.63) is 59.0 Å². The van der Waals surface area contributed by atoms with Gasteiger partial charge in [0.15, 0.2) is 11.0 Å². The van der Waals surface area contributed by atoms with Gasteiger partial charge in [-0.05, 0) is 35.2 Å². The van der Waals surface area contributed by atoms with Gasteiger partial charge in [-0.25, -0.2) is 8.42 Å². The number of fused-ring (bicyclic) bond motifs is 1. The van der Waals surface area contributed by atoms with Crippen molar-refractivity contribution >= 4 is 27.5 Å². The van der Waals surface area contributed by atoms with E-state index in [0.717, 1.165) is 5.56 Å². The van der Waals surface area contributed by atoms with Crippen LogP contribution in [0.4, 0.5) is 0 Å². The van der Waals surface area contributed by atoms with Crippen LogP contribution < -0.4 is 0 Å². The number of carbonyl (C=O) groups is 1. The van der Waals surface area contributed by atoms with Crippen LogP contribution in [0.5, 0.6) is 0 Å². The number of sulfonamides is 1. The van der Waals surface area contributed by atoms with Crippen molar-refractivity contribution in [2.45, 2.75) is 6.04 Å². The van der Waals surface area contributed by atoms with Crippen molar-refractivity contribution in [2.75, 3.05) is 25.9 Å². The van der Waals surface area contributed by atoms with E-state index in [-0.39, 0.29) is 34.8 Å². The van der Waals surface area contributed by atoms with Gasteiger partial charge in [0.05, 0.1) is 12.3 Å². The van der Waals surface area contributed by atoms with Crippen molar-refractivity contribution in [3.8, 4) is 0 Å². The first-order valence-electron chi connectivity index (χ1n) is 8.41. The van der Waals surface area contributed by atoms with Crippen LogP contribution in [0.1, 0.15) is 22.2 Å². The van der Waals surface area contributed by atoms with Crippen LogP contribution in [0.3, 0.4) is 0 Å². The van der Waals surface area contributed by atoms with E-state index in [1.54, 1.807) is 21.3 Å². The molecule has 0 bridgehead atoms. The summed E-state index contributed by atoms with van der Waals surface area (Å²) in [5, 5.41) is 0.179. The summed E-state index contributed by atoms with van der Waals surface area (Å²) in [6.45, 7) is 1.43. The molecule has 1 aromatic carbocycles. The fourth-order valence-corrected chi connectivity index (χ4v) is 5.46. The molecule has 2 aromatic rings. The third kappa shape index (κ3) is 3.04. The van der Waals surface area contributed by atoms with Crippen LogP contribution in [0.2, 0.25) is 5.22 Å². The molecule has 0 saturated carbocycles. The van der Waals surface area contributed by atoms with E-state index in [9.17, 15) is 13.2 Å². The van der Waals surface area contributed by atoms with Gasteiger partial charge in [0.1, 0.15) is 0 Å². The van der Waals surface area contributed by atoms with Crippen molar-refractivity contribution in [2.24, 2.45) is 11.8 Å². The van der Waals surface area contributed by atoms with Crippen molar-refractivity contribution in [1.82, 2.24) is 9.21 Å². The van der Waals surface area contributed by atoms with E-state index in [1.165, 1.54) is 6.26 Å². The average Bonchev–Trinajstić information content (AvgIpc) is 3.27. The Morgan fingerprint density at radius 3 is 2.46 bits per heavy atom. The Labute approximate surface area is 157 Å². The molecule has 2 aliphatic rings. The highest BCUT2D eigenvalue weighted by Crippen LogP contribution is 2.46. The van der Waals surface area contributed by atoms with Gasteiger partial charge in [-0.3, -0.25) is 4.79 Å². The first kappa shape index (κ1) is 17.6. The monoisotopic (exact) mass is 394 g/mol. The SMILES string of the molecule is CS(=O)(=O)N1C[C@H]2CN(C(=O)c3ccc(Cl)o3)C[C@H]2[C@@H]1c1ccccc1. The quantitative estimate of drug-likeness (QED) is 0.802. The maximum atomic E-state index is 12.7. The molecular weight excluding hydrogens is 376 g/mol. The molecule has 0 spiro atoms. The highest BCUT2D eigenvalue weighted by Gasteiger charge is 2.51. The first-order chi connectivity index (χ1) is 12.3. The number of halogens is 1. The van der Waals surface area contributed by atoms with Crippen molar-refractivity contribution in [1.29, 1.82) is 0 Å². The number of likely N-dealkylation sites (tertiary alicyclic amines) is 1. The highest BCUT2D eigenvalue weighted by atomic mass is 35.5. The fourth-order valence-electron chi connectivity index (χ4n) is 4.16. The lowest BCUT2D eigenvalue weighted by Crippen LogP contribution is -2.36. The second-order valence-electron chi connectivity index (χ2n) is 6.93. The summed E-state index contributed by atoms with van der Waals surface area (Å²) in [5.74, 6) is 0.168. The summed E-state index contributed by atoms with van der Waals surface area (Å²) in [4.78, 5) is 14.4. The van der Waals surface area contributed by atoms with E-state index >= 15 is 0 Å². The largest absolute Gasteiger partial charge is 0.440 e. The number of nitrogens with zero attached hydrogens (tertiary/aromatic N) is 2. The van der Waals surface area contributed by atoms with Crippen LogP contribution in [0, 0.1) is 11.8 Å². The van der Waals surface area contributed by atoms with Crippen molar-refractivity contribution in [3.63, 3.8) is 0 Å². The maximum absolute atomic E-state index is 12.7. The Morgan fingerprint density at radius 1 is 1.12 bits per heavy atom. The molecule has 0 aliphatic carbocycles. The number of hydrogen-bond donors (Lipinski definition) is 0. The lowest BCUT2D eigenvalue weighted by molar-refractivity contribution is 0.0742. The van der Waals surface area contributed by atoms with Crippen LogP contribution >= 0.6 is 11.6 Å². The molecule has 1 aromatic heterocycles. The molecule has 4 rings (SSSR count). The normalized spacial score (nSPS) is 26.2. The minimum Gasteiger partial charge on any atom is -0.440 e. The maximum Gasteiger partial charge on any atom is 0.289 e. The average molecular weight is 395 g/mol. The van der Waals surface area contributed by atoms with Gasteiger partial charge in [-0.1, -0.05) is 30.3 Å². The molecule has 0 unspecified atom stereocenters. The molecule has 6 nitrogen and oxygen atoms in total. The van der Waals surface area contributed by atoms with Gasteiger partial charge in [0.2, 0.25) is 10.0 Å². The number of furan rings is 1. The predicted molar refractivity (Wildman–Crippen MR) is 97.3 cm³/mol. The van der Waals surface area contributed by atoms with Crippen LogP contribution in [-0.2, 0) is 10.0 Å². The summed E-state index contributed by atoms with van der Waals surface area (Å²) >= 11 is 5.77. The van der Waals surface area contributed by atoms with E-state index < -0.39 is 10.0 Å². The Hall–Kier alpha value is -1.83. The van der Waals surface area contributed by atoms with Gasteiger partial charge >= 0.3 is 0 Å². The third-order valence-corrected chi connectivity index (χ3v) is 6.69. The van der Waals surface area contributed by atoms with Gasteiger partial charge in [-0.15, -0.1) is 0 Å². The zero-order valence-electron chi connectivity index (χ0n) is 14.2. The molecule has 0 radical (unpaired) electrons. The van der Waals surface area contributed by atoms with E-state index in [0.29, 0.717) is 19.6 Å². The Balaban J connectivity index is 1.62. The summed E-state index contributed by atoms with van der Waals surface area (Å²) < 4.78 is 31.4.